The molecule has 0 heterocycles. The van der Waals surface area contributed by atoms with Gasteiger partial charge >= 0.3 is 171 Å². The first kappa shape index (κ1) is 21.3. The van der Waals surface area contributed by atoms with Crippen molar-refractivity contribution in [3.8, 4) is 11.1 Å². The molecule has 0 N–H and O–H groups in total. The molecule has 0 bridgehead atoms. The molecule has 2 atom stereocenters. The quantitative estimate of drug-likeness (QED) is 0.499. The van der Waals surface area contributed by atoms with E-state index in [1.54, 1.807) is 24.7 Å². The Balaban J connectivity index is 0.00000112. The van der Waals surface area contributed by atoms with Crippen molar-refractivity contribution in [3.05, 3.63) is 113 Å². The molecule has 2 aliphatic rings. The van der Waals surface area contributed by atoms with Crippen molar-refractivity contribution in [3.63, 3.8) is 0 Å². The van der Waals surface area contributed by atoms with Gasteiger partial charge in [0.25, 0.3) is 0 Å². The molecule has 3 aromatic rings. The Morgan fingerprint density at radius 3 is 2.14 bits per heavy atom. The zero-order chi connectivity index (χ0) is 17.7. The van der Waals surface area contributed by atoms with E-state index in [4.69, 9.17) is 0 Å². The fraction of sp³-hybridized carbons (Fsp3) is 0.120. The van der Waals surface area contributed by atoms with Crippen molar-refractivity contribution in [2.75, 3.05) is 0 Å². The Kier molecular flexibility index (Phi) is 6.50. The molecular weight excluding hydrogens is 462 g/mol. The third kappa shape index (κ3) is 3.39. The second-order valence-corrected chi connectivity index (χ2v) is 8.60. The van der Waals surface area contributed by atoms with Gasteiger partial charge in [-0.2, -0.15) is 0 Å². The van der Waals surface area contributed by atoms with E-state index in [9.17, 15) is 0 Å². The van der Waals surface area contributed by atoms with Crippen LogP contribution in [0.1, 0.15) is 38.7 Å². The summed E-state index contributed by atoms with van der Waals surface area (Å²) in [6.45, 7) is 2.22. The molecular formula is C25H19Cl2Zr. The molecule has 0 aliphatic heterocycles. The minimum absolute atomic E-state index is 0. The van der Waals surface area contributed by atoms with Crippen molar-refractivity contribution in [1.29, 1.82) is 0 Å². The molecule has 0 aromatic heterocycles. The number of rotatable bonds is 2. The van der Waals surface area contributed by atoms with E-state index >= 15 is 0 Å². The van der Waals surface area contributed by atoms with E-state index in [-0.39, 0.29) is 24.8 Å². The first-order valence-electron chi connectivity index (χ1n) is 9.12. The van der Waals surface area contributed by atoms with E-state index in [2.05, 4.69) is 91.9 Å². The van der Waals surface area contributed by atoms with Gasteiger partial charge < -0.3 is 24.8 Å². The zero-order valence-corrected chi connectivity index (χ0v) is 19.5. The van der Waals surface area contributed by atoms with Gasteiger partial charge in [0.05, 0.1) is 0 Å². The van der Waals surface area contributed by atoms with E-state index < -0.39 is 0 Å². The minimum atomic E-state index is 0. The topological polar surface area (TPSA) is 0 Å². The van der Waals surface area contributed by atoms with Gasteiger partial charge in [0.1, 0.15) is 0 Å². The van der Waals surface area contributed by atoms with Crippen LogP contribution in [0.15, 0.2) is 90.5 Å². The van der Waals surface area contributed by atoms with Crippen LogP contribution in [0.25, 0.3) is 16.7 Å². The van der Waals surface area contributed by atoms with Gasteiger partial charge in [-0.05, 0) is 0 Å². The molecule has 28 heavy (non-hydrogen) atoms. The Bertz CT molecular complexity index is 1070. The average molecular weight is 482 g/mol. The molecule has 0 fully saturated rings. The van der Waals surface area contributed by atoms with Crippen LogP contribution in [0.5, 0.6) is 0 Å². The fourth-order valence-corrected chi connectivity index (χ4v) is 5.81. The maximum Gasteiger partial charge on any atom is -1.00 e. The first-order chi connectivity index (χ1) is 12.7. The van der Waals surface area contributed by atoms with Crippen molar-refractivity contribution in [2.24, 2.45) is 0 Å². The van der Waals surface area contributed by atoms with Crippen LogP contribution in [0.2, 0.25) is 0 Å². The zero-order valence-electron chi connectivity index (χ0n) is 15.5. The maximum atomic E-state index is 2.41. The van der Waals surface area contributed by atoms with E-state index in [0.717, 1.165) is 0 Å². The van der Waals surface area contributed by atoms with Gasteiger partial charge in [-0.1, -0.05) is 0 Å². The molecule has 0 spiro atoms. The average Bonchev–Trinajstić information content (AvgIpc) is 3.22. The molecule has 0 radical (unpaired) electrons. The number of hydrogen-bond donors (Lipinski definition) is 0. The SMILES string of the molecule is CC1=CC(c2ccccc2)C(c2cccc3c2[CH]([Zr+2])c2ccccc2-3)=C1.[Cl-].[Cl-]. The molecule has 0 nitrogen and oxygen atoms in total. The van der Waals surface area contributed by atoms with Gasteiger partial charge in [-0.25, -0.2) is 0 Å². The summed E-state index contributed by atoms with van der Waals surface area (Å²) < 4.78 is 0.530. The van der Waals surface area contributed by atoms with Crippen LogP contribution in [0.3, 0.4) is 0 Å². The van der Waals surface area contributed by atoms with E-state index in [0.29, 0.717) is 9.54 Å². The van der Waals surface area contributed by atoms with E-state index in [1.165, 1.54) is 44.5 Å². The van der Waals surface area contributed by atoms with Gasteiger partial charge in [0.2, 0.25) is 0 Å². The van der Waals surface area contributed by atoms with Crippen LogP contribution in [-0.2, 0) is 24.7 Å². The number of benzene rings is 3. The monoisotopic (exact) mass is 479 g/mol. The minimum Gasteiger partial charge on any atom is -1.00 e. The smallest absolute Gasteiger partial charge is 1.00 e. The van der Waals surface area contributed by atoms with Crippen molar-refractivity contribution < 1.29 is 49.5 Å². The molecule has 2 unspecified atom stereocenters. The molecule has 0 saturated heterocycles. The van der Waals surface area contributed by atoms with Crippen molar-refractivity contribution in [1.82, 2.24) is 0 Å². The number of hydrogen-bond acceptors (Lipinski definition) is 0. The van der Waals surface area contributed by atoms with Gasteiger partial charge in [-0.15, -0.1) is 0 Å². The summed E-state index contributed by atoms with van der Waals surface area (Å²) in [6.07, 6.45) is 4.79. The molecule has 2 aliphatic carbocycles. The summed E-state index contributed by atoms with van der Waals surface area (Å²) in [5.74, 6) is 0.356. The molecule has 3 aromatic carbocycles. The third-order valence-corrected chi connectivity index (χ3v) is 7.05. The third-order valence-electron chi connectivity index (χ3n) is 5.57. The maximum absolute atomic E-state index is 2.41. The van der Waals surface area contributed by atoms with Crippen LogP contribution < -0.4 is 24.8 Å². The molecule has 3 heteroatoms. The van der Waals surface area contributed by atoms with E-state index in [1.807, 2.05) is 0 Å². The number of allylic oxidation sites excluding steroid dienone is 4. The summed E-state index contributed by atoms with van der Waals surface area (Å²) in [5.41, 5.74) is 11.5. The first-order valence-corrected chi connectivity index (χ1v) is 10.5. The second-order valence-electron chi connectivity index (χ2n) is 7.19. The summed E-state index contributed by atoms with van der Waals surface area (Å²) in [4.78, 5) is 0. The van der Waals surface area contributed by atoms with Crippen LogP contribution in [0, 0.1) is 0 Å². The van der Waals surface area contributed by atoms with Crippen LogP contribution in [0.4, 0.5) is 0 Å². The van der Waals surface area contributed by atoms with Crippen LogP contribution in [-0.4, -0.2) is 0 Å². The van der Waals surface area contributed by atoms with Gasteiger partial charge in [-0.3, -0.25) is 0 Å². The summed E-state index contributed by atoms with van der Waals surface area (Å²) >= 11 is 1.57. The molecule has 5 rings (SSSR count). The summed E-state index contributed by atoms with van der Waals surface area (Å²) in [6, 6.07) is 26.7. The summed E-state index contributed by atoms with van der Waals surface area (Å²) in [5, 5.41) is 0. The fourth-order valence-electron chi connectivity index (χ4n) is 4.43. The Labute approximate surface area is 194 Å². The second kappa shape index (κ2) is 8.54. The van der Waals surface area contributed by atoms with Gasteiger partial charge in [0.15, 0.2) is 0 Å². The molecule has 0 saturated carbocycles. The number of halogens is 2. The Morgan fingerprint density at radius 2 is 1.36 bits per heavy atom. The van der Waals surface area contributed by atoms with Gasteiger partial charge in [0, 0.05) is 0 Å². The number of fused-ring (bicyclic) bond motifs is 3. The normalized spacial score (nSPS) is 19.0. The predicted molar refractivity (Wildman–Crippen MR) is 105 cm³/mol. The van der Waals surface area contributed by atoms with Crippen molar-refractivity contribution >= 4 is 5.57 Å². The Hall–Kier alpha value is -1.40. The Morgan fingerprint density at radius 1 is 0.714 bits per heavy atom. The molecule has 0 amide bonds. The largest absolute Gasteiger partial charge is 1.00 e. The standard InChI is InChI=1S/C25H19.2ClH.Zr/c1-17-14-23(18-8-3-2-4-9-18)24(15-17)22-13-7-12-21-20-11-6-5-10-19(20)16-25(21)22;;;/h2-16,23H,1H3;2*1H;/q;;;+2/p-2. The summed E-state index contributed by atoms with van der Waals surface area (Å²) in [7, 11) is 0. The predicted octanol–water partition coefficient (Wildman–Crippen LogP) is 0.438. The van der Waals surface area contributed by atoms with Crippen LogP contribution >= 0.6 is 0 Å². The van der Waals surface area contributed by atoms with Crippen molar-refractivity contribution in [2.45, 2.75) is 16.5 Å². The molecule has 137 valence electrons.